The highest BCUT2D eigenvalue weighted by Gasteiger charge is 2.09. The van der Waals surface area contributed by atoms with Crippen LogP contribution in [0.2, 0.25) is 0 Å². The first-order valence-electron chi connectivity index (χ1n) is 6.60. The largest absolute Gasteiger partial charge is 0.385 e. The number of hydrogen-bond donors (Lipinski definition) is 1. The number of rotatable bonds is 7. The van der Waals surface area contributed by atoms with E-state index in [1.807, 2.05) is 12.3 Å². The Labute approximate surface area is 105 Å². The minimum atomic E-state index is 0.569. The van der Waals surface area contributed by atoms with Gasteiger partial charge in [0.2, 0.25) is 0 Å². The standard InChI is InChI=1S/C14H25N3/c1-5-9-17(12(3)4)11-14-10-13(15-6-2)7-8-16-14/h7-8,10,12H,5-6,9,11H2,1-4H3,(H,15,16). The van der Waals surface area contributed by atoms with E-state index in [-0.39, 0.29) is 0 Å². The van der Waals surface area contributed by atoms with Crippen LogP contribution in [-0.4, -0.2) is 29.0 Å². The highest BCUT2D eigenvalue weighted by molar-refractivity contribution is 5.42. The van der Waals surface area contributed by atoms with Gasteiger partial charge < -0.3 is 5.32 Å². The van der Waals surface area contributed by atoms with Crippen molar-refractivity contribution < 1.29 is 0 Å². The van der Waals surface area contributed by atoms with Crippen LogP contribution in [0.3, 0.4) is 0 Å². The molecule has 0 fully saturated rings. The van der Waals surface area contributed by atoms with E-state index in [2.05, 4.69) is 49.0 Å². The van der Waals surface area contributed by atoms with Crippen molar-refractivity contribution in [3.63, 3.8) is 0 Å². The van der Waals surface area contributed by atoms with Crippen LogP contribution in [0.5, 0.6) is 0 Å². The second-order valence-corrected chi connectivity index (χ2v) is 4.63. The number of aromatic nitrogens is 1. The van der Waals surface area contributed by atoms with Crippen LogP contribution in [0.15, 0.2) is 18.3 Å². The van der Waals surface area contributed by atoms with Gasteiger partial charge in [0.05, 0.1) is 5.69 Å². The molecule has 0 spiro atoms. The summed E-state index contributed by atoms with van der Waals surface area (Å²) in [6.07, 6.45) is 3.07. The third kappa shape index (κ3) is 4.73. The Bertz CT molecular complexity index is 323. The van der Waals surface area contributed by atoms with Crippen molar-refractivity contribution >= 4 is 5.69 Å². The molecule has 1 aromatic rings. The summed E-state index contributed by atoms with van der Waals surface area (Å²) in [5.41, 5.74) is 2.31. The first kappa shape index (κ1) is 14.0. The molecule has 1 N–H and O–H groups in total. The Balaban J connectivity index is 2.68. The maximum absolute atomic E-state index is 4.44. The van der Waals surface area contributed by atoms with E-state index in [1.54, 1.807) is 0 Å². The van der Waals surface area contributed by atoms with Gasteiger partial charge in [-0.25, -0.2) is 0 Å². The van der Waals surface area contributed by atoms with Gasteiger partial charge in [-0.1, -0.05) is 6.92 Å². The molecular formula is C14H25N3. The molecule has 1 aromatic heterocycles. The van der Waals surface area contributed by atoms with E-state index in [1.165, 1.54) is 6.42 Å². The van der Waals surface area contributed by atoms with Crippen molar-refractivity contribution in [2.75, 3.05) is 18.4 Å². The molecule has 0 aliphatic carbocycles. The lowest BCUT2D eigenvalue weighted by Crippen LogP contribution is -2.31. The summed E-state index contributed by atoms with van der Waals surface area (Å²) >= 11 is 0. The number of nitrogens with one attached hydrogen (secondary N) is 1. The van der Waals surface area contributed by atoms with Crippen molar-refractivity contribution in [2.24, 2.45) is 0 Å². The molecule has 0 radical (unpaired) electrons. The summed E-state index contributed by atoms with van der Waals surface area (Å²) in [5, 5.41) is 3.32. The van der Waals surface area contributed by atoms with Crippen molar-refractivity contribution in [1.82, 2.24) is 9.88 Å². The summed E-state index contributed by atoms with van der Waals surface area (Å²) in [6.45, 7) is 11.8. The molecule has 3 nitrogen and oxygen atoms in total. The van der Waals surface area contributed by atoms with E-state index < -0.39 is 0 Å². The Morgan fingerprint density at radius 3 is 2.71 bits per heavy atom. The molecule has 0 saturated carbocycles. The third-order valence-corrected chi connectivity index (χ3v) is 2.80. The molecule has 96 valence electrons. The molecule has 0 atom stereocenters. The Hall–Kier alpha value is -1.09. The molecule has 0 bridgehead atoms. The maximum Gasteiger partial charge on any atom is 0.0564 e. The van der Waals surface area contributed by atoms with Gasteiger partial charge in [-0.15, -0.1) is 0 Å². The third-order valence-electron chi connectivity index (χ3n) is 2.80. The summed E-state index contributed by atoms with van der Waals surface area (Å²) < 4.78 is 0. The number of nitrogens with zero attached hydrogens (tertiary/aromatic N) is 2. The van der Waals surface area contributed by atoms with Crippen molar-refractivity contribution in [1.29, 1.82) is 0 Å². The zero-order valence-electron chi connectivity index (χ0n) is 11.5. The minimum absolute atomic E-state index is 0.569. The van der Waals surface area contributed by atoms with Crippen LogP contribution in [-0.2, 0) is 6.54 Å². The molecule has 1 rings (SSSR count). The van der Waals surface area contributed by atoms with Crippen LogP contribution in [0.1, 0.15) is 39.8 Å². The predicted molar refractivity (Wildman–Crippen MR) is 74.2 cm³/mol. The van der Waals surface area contributed by atoms with Crippen molar-refractivity contribution in [3.05, 3.63) is 24.0 Å². The predicted octanol–water partition coefficient (Wildman–Crippen LogP) is 3.13. The molecule has 1 heterocycles. The van der Waals surface area contributed by atoms with E-state index in [9.17, 15) is 0 Å². The topological polar surface area (TPSA) is 28.2 Å². The van der Waals surface area contributed by atoms with Crippen molar-refractivity contribution in [2.45, 2.75) is 46.7 Å². The van der Waals surface area contributed by atoms with E-state index >= 15 is 0 Å². The summed E-state index contributed by atoms with van der Waals surface area (Å²) in [4.78, 5) is 6.90. The average molecular weight is 235 g/mol. The zero-order chi connectivity index (χ0) is 12.7. The molecule has 0 saturated heterocycles. The Morgan fingerprint density at radius 1 is 1.35 bits per heavy atom. The van der Waals surface area contributed by atoms with Crippen LogP contribution < -0.4 is 5.32 Å². The summed E-state index contributed by atoms with van der Waals surface area (Å²) in [7, 11) is 0. The highest BCUT2D eigenvalue weighted by atomic mass is 15.1. The molecule has 17 heavy (non-hydrogen) atoms. The van der Waals surface area contributed by atoms with Gasteiger partial charge in [0, 0.05) is 31.0 Å². The van der Waals surface area contributed by atoms with Gasteiger partial charge in [0.1, 0.15) is 0 Å². The molecule has 0 aliphatic rings. The molecule has 0 aromatic carbocycles. The van der Waals surface area contributed by atoms with Gasteiger partial charge in [-0.05, 0) is 45.9 Å². The molecule has 0 amide bonds. The van der Waals surface area contributed by atoms with E-state index in [4.69, 9.17) is 0 Å². The Morgan fingerprint density at radius 2 is 2.12 bits per heavy atom. The van der Waals surface area contributed by atoms with Gasteiger partial charge in [0.25, 0.3) is 0 Å². The number of hydrogen-bond acceptors (Lipinski definition) is 3. The quantitative estimate of drug-likeness (QED) is 0.787. The monoisotopic (exact) mass is 235 g/mol. The van der Waals surface area contributed by atoms with Crippen LogP contribution >= 0.6 is 0 Å². The number of pyridine rings is 1. The molecular weight excluding hydrogens is 210 g/mol. The zero-order valence-corrected chi connectivity index (χ0v) is 11.5. The second kappa shape index (κ2) is 7.28. The minimum Gasteiger partial charge on any atom is -0.385 e. The lowest BCUT2D eigenvalue weighted by molar-refractivity contribution is 0.211. The summed E-state index contributed by atoms with van der Waals surface area (Å²) in [5.74, 6) is 0. The van der Waals surface area contributed by atoms with Crippen LogP contribution in [0.25, 0.3) is 0 Å². The van der Waals surface area contributed by atoms with E-state index in [0.29, 0.717) is 6.04 Å². The first-order valence-corrected chi connectivity index (χ1v) is 6.60. The second-order valence-electron chi connectivity index (χ2n) is 4.63. The highest BCUT2D eigenvalue weighted by Crippen LogP contribution is 2.11. The molecule has 3 heteroatoms. The molecule has 0 unspecified atom stereocenters. The normalized spacial score (nSPS) is 11.2. The lowest BCUT2D eigenvalue weighted by atomic mass is 10.2. The molecule has 0 aliphatic heterocycles. The first-order chi connectivity index (χ1) is 8.17. The van der Waals surface area contributed by atoms with Crippen molar-refractivity contribution in [3.8, 4) is 0 Å². The fourth-order valence-electron chi connectivity index (χ4n) is 1.89. The van der Waals surface area contributed by atoms with Gasteiger partial charge in [0.15, 0.2) is 0 Å². The van der Waals surface area contributed by atoms with Crippen LogP contribution in [0.4, 0.5) is 5.69 Å². The van der Waals surface area contributed by atoms with Gasteiger partial charge in [-0.2, -0.15) is 0 Å². The maximum atomic E-state index is 4.44. The van der Waals surface area contributed by atoms with Gasteiger partial charge in [-0.3, -0.25) is 9.88 Å². The summed E-state index contributed by atoms with van der Waals surface area (Å²) in [6, 6.07) is 4.74. The fourth-order valence-corrected chi connectivity index (χ4v) is 1.89. The van der Waals surface area contributed by atoms with E-state index in [0.717, 1.165) is 31.0 Å². The Kier molecular flexibility index (Phi) is 5.98. The lowest BCUT2D eigenvalue weighted by Gasteiger charge is -2.25. The fraction of sp³-hybridized carbons (Fsp3) is 0.643. The van der Waals surface area contributed by atoms with Crippen LogP contribution in [0, 0.1) is 0 Å². The smallest absolute Gasteiger partial charge is 0.0564 e. The number of anilines is 1. The average Bonchev–Trinajstić information content (AvgIpc) is 2.29. The SMILES string of the molecule is CCCN(Cc1cc(NCC)ccn1)C(C)C. The van der Waals surface area contributed by atoms with Gasteiger partial charge >= 0.3 is 0 Å².